The van der Waals surface area contributed by atoms with Crippen LogP contribution in [0, 0.1) is 5.82 Å². The SMILES string of the molecule is C=C/C(=C/C1=CC=CC1)Nc1ncc(-c2cccc(F)c2)nc1Cc1ccccc1. The second-order valence-corrected chi connectivity index (χ2v) is 7.03. The molecule has 0 radical (unpaired) electrons. The molecule has 1 aromatic heterocycles. The number of nitrogens with one attached hydrogen (secondary N) is 1. The number of hydrogen-bond donors (Lipinski definition) is 1. The summed E-state index contributed by atoms with van der Waals surface area (Å²) in [4.78, 5) is 9.44. The molecule has 0 unspecified atom stereocenters. The lowest BCUT2D eigenvalue weighted by molar-refractivity contribution is 0.628. The fourth-order valence-corrected chi connectivity index (χ4v) is 3.28. The summed E-state index contributed by atoms with van der Waals surface area (Å²) in [7, 11) is 0. The van der Waals surface area contributed by atoms with E-state index >= 15 is 0 Å². The average molecular weight is 395 g/mol. The van der Waals surface area contributed by atoms with Crippen LogP contribution in [0.15, 0.2) is 109 Å². The van der Waals surface area contributed by atoms with E-state index in [1.807, 2.05) is 30.3 Å². The number of anilines is 1. The first kappa shape index (κ1) is 19.5. The second-order valence-electron chi connectivity index (χ2n) is 7.03. The third kappa shape index (κ3) is 4.78. The number of hydrogen-bond acceptors (Lipinski definition) is 3. The average Bonchev–Trinajstić information content (AvgIpc) is 3.28. The summed E-state index contributed by atoms with van der Waals surface area (Å²) >= 11 is 0. The van der Waals surface area contributed by atoms with Crippen molar-refractivity contribution in [1.82, 2.24) is 9.97 Å². The third-order valence-corrected chi connectivity index (χ3v) is 4.80. The van der Waals surface area contributed by atoms with Crippen LogP contribution in [0.2, 0.25) is 0 Å². The third-order valence-electron chi connectivity index (χ3n) is 4.80. The Bertz CT molecular complexity index is 1140. The minimum absolute atomic E-state index is 0.295. The molecule has 4 heteroatoms. The van der Waals surface area contributed by atoms with Crippen molar-refractivity contribution in [3.63, 3.8) is 0 Å². The van der Waals surface area contributed by atoms with E-state index in [-0.39, 0.29) is 5.82 Å². The van der Waals surface area contributed by atoms with Crippen LogP contribution in [0.3, 0.4) is 0 Å². The fourth-order valence-electron chi connectivity index (χ4n) is 3.28. The molecule has 1 aliphatic carbocycles. The Hall–Kier alpha value is -3.79. The van der Waals surface area contributed by atoms with Crippen molar-refractivity contribution in [3.8, 4) is 11.3 Å². The zero-order valence-electron chi connectivity index (χ0n) is 16.6. The standard InChI is InChI=1S/C26H22FN3/c1-2-23(15-19-11-6-7-12-19)29-26-24(16-20-9-4-3-5-10-20)30-25(18-28-26)21-13-8-14-22(27)17-21/h2-11,13-15,17-18H,1,12,16H2,(H,28,29)/b23-15-. The van der Waals surface area contributed by atoms with Crippen molar-refractivity contribution in [2.24, 2.45) is 0 Å². The maximum absolute atomic E-state index is 13.7. The van der Waals surface area contributed by atoms with Crippen LogP contribution >= 0.6 is 0 Å². The minimum atomic E-state index is -0.295. The van der Waals surface area contributed by atoms with Gasteiger partial charge in [-0.2, -0.15) is 0 Å². The summed E-state index contributed by atoms with van der Waals surface area (Å²) in [5.41, 5.74) is 5.30. The molecule has 0 saturated heterocycles. The highest BCUT2D eigenvalue weighted by Gasteiger charge is 2.12. The van der Waals surface area contributed by atoms with Crippen molar-refractivity contribution in [2.75, 3.05) is 5.32 Å². The minimum Gasteiger partial charge on any atom is -0.339 e. The Morgan fingerprint density at radius 2 is 2.00 bits per heavy atom. The first-order chi connectivity index (χ1) is 14.7. The van der Waals surface area contributed by atoms with Gasteiger partial charge in [0.25, 0.3) is 0 Å². The summed E-state index contributed by atoms with van der Waals surface area (Å²) < 4.78 is 13.7. The molecule has 0 atom stereocenters. The molecule has 1 aliphatic rings. The molecule has 30 heavy (non-hydrogen) atoms. The van der Waals surface area contributed by atoms with Crippen LogP contribution in [-0.2, 0) is 6.42 Å². The van der Waals surface area contributed by atoms with Crippen LogP contribution in [0.1, 0.15) is 17.7 Å². The van der Waals surface area contributed by atoms with E-state index in [4.69, 9.17) is 4.98 Å². The van der Waals surface area contributed by atoms with Crippen molar-refractivity contribution < 1.29 is 4.39 Å². The maximum atomic E-state index is 13.7. The van der Waals surface area contributed by atoms with Crippen molar-refractivity contribution in [2.45, 2.75) is 12.8 Å². The van der Waals surface area contributed by atoms with Gasteiger partial charge in [-0.15, -0.1) is 0 Å². The smallest absolute Gasteiger partial charge is 0.152 e. The van der Waals surface area contributed by atoms with Gasteiger partial charge in [0.1, 0.15) is 5.82 Å². The van der Waals surface area contributed by atoms with Gasteiger partial charge in [0.15, 0.2) is 5.82 Å². The summed E-state index contributed by atoms with van der Waals surface area (Å²) in [6, 6.07) is 16.5. The molecule has 2 aromatic carbocycles. The predicted molar refractivity (Wildman–Crippen MR) is 120 cm³/mol. The topological polar surface area (TPSA) is 37.8 Å². The maximum Gasteiger partial charge on any atom is 0.152 e. The Morgan fingerprint density at radius 3 is 2.73 bits per heavy atom. The van der Waals surface area contributed by atoms with Gasteiger partial charge >= 0.3 is 0 Å². The number of benzene rings is 2. The molecule has 1 N–H and O–H groups in total. The largest absolute Gasteiger partial charge is 0.339 e. The summed E-state index contributed by atoms with van der Waals surface area (Å²) in [6.45, 7) is 3.92. The van der Waals surface area contributed by atoms with Gasteiger partial charge < -0.3 is 5.32 Å². The fraction of sp³-hybridized carbons (Fsp3) is 0.0769. The van der Waals surface area contributed by atoms with Gasteiger partial charge in [0.2, 0.25) is 0 Å². The van der Waals surface area contributed by atoms with Crippen molar-refractivity contribution in [1.29, 1.82) is 0 Å². The molecule has 0 spiro atoms. The zero-order chi connectivity index (χ0) is 20.8. The lowest BCUT2D eigenvalue weighted by Gasteiger charge is -2.13. The highest BCUT2D eigenvalue weighted by Crippen LogP contribution is 2.24. The van der Waals surface area contributed by atoms with Crippen LogP contribution in [0.4, 0.5) is 10.2 Å². The van der Waals surface area contributed by atoms with Crippen LogP contribution < -0.4 is 5.32 Å². The second kappa shape index (κ2) is 9.14. The number of aromatic nitrogens is 2. The highest BCUT2D eigenvalue weighted by molar-refractivity contribution is 5.61. The van der Waals surface area contributed by atoms with E-state index in [2.05, 4.69) is 47.2 Å². The van der Waals surface area contributed by atoms with Gasteiger partial charge in [0, 0.05) is 17.7 Å². The molecular formula is C26H22FN3. The molecule has 0 bridgehead atoms. The van der Waals surface area contributed by atoms with Gasteiger partial charge in [0.05, 0.1) is 17.6 Å². The summed E-state index contributed by atoms with van der Waals surface area (Å²) in [5, 5.41) is 3.36. The summed E-state index contributed by atoms with van der Waals surface area (Å²) in [5.74, 6) is 0.369. The van der Waals surface area contributed by atoms with Crippen LogP contribution in [0.25, 0.3) is 11.3 Å². The Balaban J connectivity index is 1.70. The highest BCUT2D eigenvalue weighted by atomic mass is 19.1. The van der Waals surface area contributed by atoms with Gasteiger partial charge in [-0.25, -0.2) is 14.4 Å². The van der Waals surface area contributed by atoms with Crippen LogP contribution in [0.5, 0.6) is 0 Å². The number of nitrogens with zero attached hydrogens (tertiary/aromatic N) is 2. The molecule has 0 saturated carbocycles. The molecule has 3 nitrogen and oxygen atoms in total. The number of halogens is 1. The van der Waals surface area contributed by atoms with E-state index in [0.717, 1.165) is 23.4 Å². The molecule has 0 aliphatic heterocycles. The first-order valence-corrected chi connectivity index (χ1v) is 9.84. The zero-order valence-corrected chi connectivity index (χ0v) is 16.6. The predicted octanol–water partition coefficient (Wildman–Crippen LogP) is 6.24. The van der Waals surface area contributed by atoms with E-state index in [1.165, 1.54) is 17.7 Å². The molecule has 3 aromatic rings. The van der Waals surface area contributed by atoms with E-state index in [1.54, 1.807) is 18.3 Å². The van der Waals surface area contributed by atoms with Crippen LogP contribution in [-0.4, -0.2) is 9.97 Å². The lowest BCUT2D eigenvalue weighted by atomic mass is 10.1. The van der Waals surface area contributed by atoms with Gasteiger partial charge in [-0.3, -0.25) is 0 Å². The van der Waals surface area contributed by atoms with E-state index in [0.29, 0.717) is 23.5 Å². The van der Waals surface area contributed by atoms with E-state index < -0.39 is 0 Å². The molecule has 1 heterocycles. The normalized spacial score (nSPS) is 13.2. The molecule has 0 amide bonds. The molecular weight excluding hydrogens is 373 g/mol. The quantitative estimate of drug-likeness (QED) is 0.481. The lowest BCUT2D eigenvalue weighted by Crippen LogP contribution is -2.07. The Kier molecular flexibility index (Phi) is 5.95. The van der Waals surface area contributed by atoms with Gasteiger partial charge in [-0.05, 0) is 41.8 Å². The first-order valence-electron chi connectivity index (χ1n) is 9.84. The van der Waals surface area contributed by atoms with Gasteiger partial charge in [-0.1, -0.05) is 67.3 Å². The Morgan fingerprint density at radius 1 is 1.13 bits per heavy atom. The van der Waals surface area contributed by atoms with Crippen molar-refractivity contribution in [3.05, 3.63) is 126 Å². The molecule has 148 valence electrons. The number of allylic oxidation sites excluding steroid dienone is 6. The van der Waals surface area contributed by atoms with Crippen molar-refractivity contribution >= 4 is 5.82 Å². The Labute approximate surface area is 176 Å². The molecule has 4 rings (SSSR count). The number of rotatable bonds is 7. The van der Waals surface area contributed by atoms with E-state index in [9.17, 15) is 4.39 Å². The monoisotopic (exact) mass is 395 g/mol. The molecule has 0 fully saturated rings. The summed E-state index contributed by atoms with van der Waals surface area (Å²) in [6.07, 6.45) is 13.2.